The fraction of sp³-hybridized carbons (Fsp3) is 0.176. The average molecular weight is 317 g/mol. The molecule has 0 saturated heterocycles. The quantitative estimate of drug-likeness (QED) is 0.768. The minimum atomic E-state index is -0.0847. The molecule has 0 fully saturated rings. The number of rotatable bonds is 6. The molecule has 1 aromatic heterocycles. The first-order chi connectivity index (χ1) is 10.6. The summed E-state index contributed by atoms with van der Waals surface area (Å²) < 4.78 is 5.56. The van der Waals surface area contributed by atoms with E-state index in [0.29, 0.717) is 23.9 Å². The number of pyridine rings is 1. The second-order valence-corrected chi connectivity index (χ2v) is 5.12. The Hall–Kier alpha value is -2.33. The van der Waals surface area contributed by atoms with Crippen molar-refractivity contribution in [1.29, 1.82) is 0 Å². The Bertz CT molecular complexity index is 644. The van der Waals surface area contributed by atoms with Gasteiger partial charge >= 0.3 is 0 Å². The lowest BCUT2D eigenvalue weighted by Crippen LogP contribution is -2.29. The minimum Gasteiger partial charge on any atom is -0.492 e. The van der Waals surface area contributed by atoms with Gasteiger partial charge in [-0.2, -0.15) is 0 Å². The first-order valence-electron chi connectivity index (χ1n) is 6.87. The largest absolute Gasteiger partial charge is 0.492 e. The number of carbonyl (C=O) groups excluding carboxylic acids is 1. The van der Waals surface area contributed by atoms with Crippen LogP contribution in [0.15, 0.2) is 54.9 Å². The van der Waals surface area contributed by atoms with Crippen LogP contribution >= 0.6 is 11.6 Å². The molecule has 5 heteroatoms. The van der Waals surface area contributed by atoms with E-state index in [-0.39, 0.29) is 5.91 Å². The summed E-state index contributed by atoms with van der Waals surface area (Å²) in [6.07, 6.45) is 6.66. The van der Waals surface area contributed by atoms with E-state index in [4.69, 9.17) is 16.3 Å². The number of hydrogen-bond acceptors (Lipinski definition) is 3. The second kappa shape index (κ2) is 8.20. The number of ether oxygens (including phenoxy) is 1. The predicted molar refractivity (Wildman–Crippen MR) is 87.9 cm³/mol. The van der Waals surface area contributed by atoms with Gasteiger partial charge in [0.2, 0.25) is 5.91 Å². The molecule has 1 aromatic carbocycles. The summed E-state index contributed by atoms with van der Waals surface area (Å²) in [5.41, 5.74) is 0.888. The minimum absolute atomic E-state index is 0.0847. The summed E-state index contributed by atoms with van der Waals surface area (Å²) in [5.74, 6) is 0.609. The molecule has 0 atom stereocenters. The fourth-order valence-corrected chi connectivity index (χ4v) is 1.92. The van der Waals surface area contributed by atoms with Crippen LogP contribution in [-0.4, -0.2) is 36.0 Å². The molecule has 0 N–H and O–H groups in total. The number of benzene rings is 1. The van der Waals surface area contributed by atoms with Crippen LogP contribution in [0.3, 0.4) is 0 Å². The Kier molecular flexibility index (Phi) is 5.98. The molecule has 4 nitrogen and oxygen atoms in total. The number of hydrogen-bond donors (Lipinski definition) is 0. The van der Waals surface area contributed by atoms with E-state index in [0.717, 1.165) is 5.56 Å². The number of likely N-dealkylation sites (N-methyl/N-ethyl adjacent to an activating group) is 1. The number of halogens is 1. The van der Waals surface area contributed by atoms with E-state index in [9.17, 15) is 4.79 Å². The van der Waals surface area contributed by atoms with Crippen molar-refractivity contribution in [2.75, 3.05) is 20.2 Å². The third kappa shape index (κ3) is 5.22. The highest BCUT2D eigenvalue weighted by molar-refractivity contribution is 6.30. The maximum Gasteiger partial charge on any atom is 0.246 e. The van der Waals surface area contributed by atoms with E-state index in [1.54, 1.807) is 42.6 Å². The van der Waals surface area contributed by atoms with Gasteiger partial charge in [0.15, 0.2) is 0 Å². The van der Waals surface area contributed by atoms with Crippen molar-refractivity contribution in [3.63, 3.8) is 0 Å². The highest BCUT2D eigenvalue weighted by Gasteiger charge is 2.05. The molecule has 0 radical (unpaired) electrons. The van der Waals surface area contributed by atoms with Crippen LogP contribution in [0.4, 0.5) is 0 Å². The van der Waals surface area contributed by atoms with Crippen LogP contribution in [-0.2, 0) is 4.79 Å². The molecule has 22 heavy (non-hydrogen) atoms. The molecule has 0 spiro atoms. The zero-order valence-corrected chi connectivity index (χ0v) is 13.0. The first-order valence-corrected chi connectivity index (χ1v) is 7.24. The van der Waals surface area contributed by atoms with Gasteiger partial charge in [-0.3, -0.25) is 9.78 Å². The Morgan fingerprint density at radius 3 is 2.95 bits per heavy atom. The van der Waals surface area contributed by atoms with Gasteiger partial charge in [0.25, 0.3) is 0 Å². The molecule has 0 aliphatic heterocycles. The summed E-state index contributed by atoms with van der Waals surface area (Å²) in [7, 11) is 1.73. The number of carbonyl (C=O) groups is 1. The summed E-state index contributed by atoms with van der Waals surface area (Å²) in [5, 5.41) is 0.626. The fourth-order valence-electron chi connectivity index (χ4n) is 1.74. The van der Waals surface area contributed by atoms with Crippen molar-refractivity contribution in [1.82, 2.24) is 9.88 Å². The SMILES string of the molecule is CN(CCOc1cccc(Cl)c1)C(=O)/C=C/c1cccnc1. The van der Waals surface area contributed by atoms with Gasteiger partial charge in [-0.05, 0) is 35.9 Å². The molecule has 1 amide bonds. The van der Waals surface area contributed by atoms with Gasteiger partial charge < -0.3 is 9.64 Å². The van der Waals surface area contributed by atoms with Crippen molar-refractivity contribution in [3.8, 4) is 5.75 Å². The molecule has 2 aromatic rings. The van der Waals surface area contributed by atoms with Gasteiger partial charge in [-0.25, -0.2) is 0 Å². The topological polar surface area (TPSA) is 42.4 Å². The molecule has 0 bridgehead atoms. The molecular formula is C17H17ClN2O2. The van der Waals surface area contributed by atoms with E-state index >= 15 is 0 Å². The maximum absolute atomic E-state index is 12.0. The lowest BCUT2D eigenvalue weighted by molar-refractivity contribution is -0.125. The highest BCUT2D eigenvalue weighted by atomic mass is 35.5. The van der Waals surface area contributed by atoms with Crippen molar-refractivity contribution in [3.05, 3.63) is 65.5 Å². The molecular weight excluding hydrogens is 300 g/mol. The van der Waals surface area contributed by atoms with E-state index in [2.05, 4.69) is 4.98 Å². The molecule has 114 valence electrons. The van der Waals surface area contributed by atoms with Gasteiger partial charge in [-0.1, -0.05) is 23.7 Å². The highest BCUT2D eigenvalue weighted by Crippen LogP contribution is 2.16. The van der Waals surface area contributed by atoms with Crippen molar-refractivity contribution in [2.45, 2.75) is 0 Å². The van der Waals surface area contributed by atoms with Gasteiger partial charge in [0.05, 0.1) is 6.54 Å². The Balaban J connectivity index is 1.78. The van der Waals surface area contributed by atoms with Crippen LogP contribution in [0.1, 0.15) is 5.56 Å². The van der Waals surface area contributed by atoms with Gasteiger partial charge in [0, 0.05) is 30.5 Å². The summed E-state index contributed by atoms with van der Waals surface area (Å²) >= 11 is 5.88. The number of aromatic nitrogens is 1. The summed E-state index contributed by atoms with van der Waals surface area (Å²) in [4.78, 5) is 17.5. The number of amides is 1. The van der Waals surface area contributed by atoms with E-state index in [1.807, 2.05) is 24.3 Å². The monoisotopic (exact) mass is 316 g/mol. The lowest BCUT2D eigenvalue weighted by Gasteiger charge is -2.15. The molecule has 0 unspecified atom stereocenters. The third-order valence-electron chi connectivity index (χ3n) is 2.97. The van der Waals surface area contributed by atoms with E-state index in [1.165, 1.54) is 6.08 Å². The van der Waals surface area contributed by atoms with Crippen LogP contribution in [0.2, 0.25) is 5.02 Å². The Labute approximate surface area is 135 Å². The second-order valence-electron chi connectivity index (χ2n) is 4.69. The zero-order chi connectivity index (χ0) is 15.8. The molecule has 0 saturated carbocycles. The van der Waals surface area contributed by atoms with Crippen LogP contribution in [0.5, 0.6) is 5.75 Å². The third-order valence-corrected chi connectivity index (χ3v) is 3.21. The standard InChI is InChI=1S/C17H17ClN2O2/c1-20(10-11-22-16-6-2-5-15(18)12-16)17(21)8-7-14-4-3-9-19-13-14/h2-9,12-13H,10-11H2,1H3/b8-7+. The molecule has 0 aliphatic carbocycles. The lowest BCUT2D eigenvalue weighted by atomic mass is 10.2. The average Bonchev–Trinajstić information content (AvgIpc) is 2.53. The molecule has 0 aliphatic rings. The Morgan fingerprint density at radius 1 is 1.36 bits per heavy atom. The predicted octanol–water partition coefficient (Wildman–Crippen LogP) is 3.29. The zero-order valence-electron chi connectivity index (χ0n) is 12.3. The van der Waals surface area contributed by atoms with E-state index < -0.39 is 0 Å². The summed E-state index contributed by atoms with van der Waals surface area (Å²) in [6, 6.07) is 10.9. The maximum atomic E-state index is 12.0. The van der Waals surface area contributed by atoms with Crippen LogP contribution in [0.25, 0.3) is 6.08 Å². The van der Waals surface area contributed by atoms with Crippen molar-refractivity contribution >= 4 is 23.6 Å². The van der Waals surface area contributed by atoms with Crippen molar-refractivity contribution < 1.29 is 9.53 Å². The molecule has 2 rings (SSSR count). The van der Waals surface area contributed by atoms with Gasteiger partial charge in [0.1, 0.15) is 12.4 Å². The number of nitrogens with zero attached hydrogens (tertiary/aromatic N) is 2. The first kappa shape index (κ1) is 16.0. The summed E-state index contributed by atoms with van der Waals surface area (Å²) in [6.45, 7) is 0.895. The molecule has 1 heterocycles. The smallest absolute Gasteiger partial charge is 0.246 e. The van der Waals surface area contributed by atoms with Crippen LogP contribution in [0, 0.1) is 0 Å². The van der Waals surface area contributed by atoms with Crippen LogP contribution < -0.4 is 4.74 Å². The normalized spacial score (nSPS) is 10.6. The Morgan fingerprint density at radius 2 is 2.23 bits per heavy atom. The van der Waals surface area contributed by atoms with Gasteiger partial charge in [-0.15, -0.1) is 0 Å². The van der Waals surface area contributed by atoms with Crippen molar-refractivity contribution in [2.24, 2.45) is 0 Å².